The molecule has 0 radical (unpaired) electrons. The normalized spacial score (nSPS) is 16.6. The summed E-state index contributed by atoms with van der Waals surface area (Å²) in [4.78, 5) is 17.2. The molecule has 1 aliphatic rings. The molecular weight excluding hydrogens is 418 g/mol. The van der Waals surface area contributed by atoms with Crippen molar-refractivity contribution in [3.8, 4) is 5.82 Å². The van der Waals surface area contributed by atoms with Gasteiger partial charge in [-0.1, -0.05) is 5.21 Å². The lowest BCUT2D eigenvalue weighted by Gasteiger charge is -2.32. The van der Waals surface area contributed by atoms with Gasteiger partial charge in [-0.3, -0.25) is 9.48 Å². The standard InChI is InChI=1S/C19H19F4N7O/c1-10(2)29-9-6-14(26-29)30-13-5-8-28(11(3)16(13)25-27-30)18(31)12-4-7-24-17(15(12)20)19(21,22)23/h4,6-7,9-11H,5,8H2,1-3H3/t11-/m0/s1. The number of aromatic nitrogens is 6. The molecule has 0 saturated carbocycles. The summed E-state index contributed by atoms with van der Waals surface area (Å²) in [5, 5.41) is 12.8. The van der Waals surface area contributed by atoms with E-state index in [1.165, 1.54) is 4.90 Å². The van der Waals surface area contributed by atoms with Crippen LogP contribution in [0.4, 0.5) is 17.6 Å². The fraction of sp³-hybridized carbons (Fsp3) is 0.421. The molecule has 164 valence electrons. The van der Waals surface area contributed by atoms with Crippen LogP contribution >= 0.6 is 0 Å². The van der Waals surface area contributed by atoms with E-state index in [0.29, 0.717) is 17.9 Å². The van der Waals surface area contributed by atoms with Crippen LogP contribution in [0.1, 0.15) is 60.3 Å². The van der Waals surface area contributed by atoms with Crippen molar-refractivity contribution in [2.75, 3.05) is 6.54 Å². The molecule has 0 fully saturated rings. The summed E-state index contributed by atoms with van der Waals surface area (Å²) in [5.74, 6) is -1.97. The summed E-state index contributed by atoms with van der Waals surface area (Å²) in [6.07, 6.45) is -2.06. The first-order chi connectivity index (χ1) is 14.6. The summed E-state index contributed by atoms with van der Waals surface area (Å²) in [6, 6.07) is 2.29. The zero-order valence-electron chi connectivity index (χ0n) is 16.9. The van der Waals surface area contributed by atoms with Crippen LogP contribution in [0.15, 0.2) is 24.5 Å². The van der Waals surface area contributed by atoms with Gasteiger partial charge in [-0.2, -0.15) is 23.0 Å². The van der Waals surface area contributed by atoms with Crippen LogP contribution in [0.3, 0.4) is 0 Å². The third-order valence-corrected chi connectivity index (χ3v) is 5.24. The van der Waals surface area contributed by atoms with Gasteiger partial charge in [0.15, 0.2) is 17.3 Å². The third-order valence-electron chi connectivity index (χ3n) is 5.24. The lowest BCUT2D eigenvalue weighted by molar-refractivity contribution is -0.143. The molecule has 4 rings (SSSR count). The van der Waals surface area contributed by atoms with Gasteiger partial charge in [0.05, 0.1) is 17.3 Å². The van der Waals surface area contributed by atoms with Crippen LogP contribution in [0.25, 0.3) is 5.82 Å². The molecule has 3 aromatic rings. The Hall–Kier alpha value is -3.31. The molecular formula is C19H19F4N7O. The monoisotopic (exact) mass is 437 g/mol. The number of alkyl halides is 3. The number of pyridine rings is 1. The fourth-order valence-electron chi connectivity index (χ4n) is 3.59. The second-order valence-corrected chi connectivity index (χ2v) is 7.52. The number of carbonyl (C=O) groups is 1. The summed E-state index contributed by atoms with van der Waals surface area (Å²) in [5.41, 5.74) is -1.16. The second-order valence-electron chi connectivity index (χ2n) is 7.52. The van der Waals surface area contributed by atoms with E-state index >= 15 is 0 Å². The summed E-state index contributed by atoms with van der Waals surface area (Å²) in [7, 11) is 0. The maximum atomic E-state index is 14.4. The Morgan fingerprint density at radius 3 is 2.65 bits per heavy atom. The van der Waals surface area contributed by atoms with Gasteiger partial charge in [0, 0.05) is 37.5 Å². The number of rotatable bonds is 3. The molecule has 1 amide bonds. The van der Waals surface area contributed by atoms with Gasteiger partial charge in [-0.15, -0.1) is 5.10 Å². The van der Waals surface area contributed by atoms with E-state index in [-0.39, 0.29) is 12.6 Å². The van der Waals surface area contributed by atoms with Crippen molar-refractivity contribution >= 4 is 5.91 Å². The minimum Gasteiger partial charge on any atom is -0.330 e. The Kier molecular flexibility index (Phi) is 5.02. The van der Waals surface area contributed by atoms with Crippen LogP contribution < -0.4 is 0 Å². The number of amides is 1. The average Bonchev–Trinajstić information content (AvgIpc) is 3.34. The second kappa shape index (κ2) is 7.43. The van der Waals surface area contributed by atoms with Gasteiger partial charge in [0.2, 0.25) is 0 Å². The van der Waals surface area contributed by atoms with E-state index in [2.05, 4.69) is 20.4 Å². The number of hydrogen-bond acceptors (Lipinski definition) is 5. The highest BCUT2D eigenvalue weighted by Gasteiger charge is 2.40. The van der Waals surface area contributed by atoms with Crippen molar-refractivity contribution in [2.45, 2.75) is 45.5 Å². The van der Waals surface area contributed by atoms with E-state index in [0.717, 1.165) is 18.0 Å². The van der Waals surface area contributed by atoms with E-state index in [9.17, 15) is 22.4 Å². The zero-order valence-corrected chi connectivity index (χ0v) is 16.9. The van der Waals surface area contributed by atoms with Gasteiger partial charge < -0.3 is 4.90 Å². The van der Waals surface area contributed by atoms with Gasteiger partial charge in [-0.05, 0) is 26.8 Å². The minimum atomic E-state index is -5.00. The number of fused-ring (bicyclic) bond motifs is 1. The lowest BCUT2D eigenvalue weighted by atomic mass is 10.0. The topological polar surface area (TPSA) is 81.7 Å². The van der Waals surface area contributed by atoms with Gasteiger partial charge in [0.1, 0.15) is 5.69 Å². The molecule has 1 atom stereocenters. The number of nitrogens with zero attached hydrogens (tertiary/aromatic N) is 7. The molecule has 12 heteroatoms. The van der Waals surface area contributed by atoms with Crippen molar-refractivity contribution < 1.29 is 22.4 Å². The average molecular weight is 437 g/mol. The largest absolute Gasteiger partial charge is 0.436 e. The summed E-state index contributed by atoms with van der Waals surface area (Å²) >= 11 is 0. The van der Waals surface area contributed by atoms with E-state index in [1.54, 1.807) is 22.4 Å². The zero-order chi connectivity index (χ0) is 22.5. The maximum Gasteiger partial charge on any atom is 0.436 e. The Morgan fingerprint density at radius 2 is 2.00 bits per heavy atom. The first-order valence-corrected chi connectivity index (χ1v) is 9.62. The van der Waals surface area contributed by atoms with Crippen molar-refractivity contribution in [3.63, 3.8) is 0 Å². The lowest BCUT2D eigenvalue weighted by Crippen LogP contribution is -2.40. The molecule has 0 bridgehead atoms. The van der Waals surface area contributed by atoms with E-state index in [1.807, 2.05) is 20.0 Å². The Labute approximate surface area is 174 Å². The Morgan fingerprint density at radius 1 is 1.26 bits per heavy atom. The molecule has 0 aliphatic carbocycles. The molecule has 8 nitrogen and oxygen atoms in total. The maximum absolute atomic E-state index is 14.4. The SMILES string of the molecule is CC(C)n1ccc(-n2nnc3c2CCN(C(=O)c2ccnc(C(F)(F)F)c2F)[C@H]3C)n1. The Balaban J connectivity index is 1.64. The first kappa shape index (κ1) is 20.9. The van der Waals surface area contributed by atoms with Crippen LogP contribution in [0, 0.1) is 5.82 Å². The summed E-state index contributed by atoms with van der Waals surface area (Å²) < 4.78 is 56.7. The molecule has 4 heterocycles. The van der Waals surface area contributed by atoms with Gasteiger partial charge in [-0.25, -0.2) is 9.37 Å². The van der Waals surface area contributed by atoms with Gasteiger partial charge in [0.25, 0.3) is 5.91 Å². The number of carbonyl (C=O) groups excluding carboxylic acids is 1. The van der Waals surface area contributed by atoms with Gasteiger partial charge >= 0.3 is 6.18 Å². The highest BCUT2D eigenvalue weighted by molar-refractivity contribution is 5.95. The molecule has 31 heavy (non-hydrogen) atoms. The van der Waals surface area contributed by atoms with Crippen molar-refractivity contribution in [1.29, 1.82) is 0 Å². The van der Waals surface area contributed by atoms with E-state index < -0.39 is 35.2 Å². The summed E-state index contributed by atoms with van der Waals surface area (Å²) in [6.45, 7) is 5.81. The third kappa shape index (κ3) is 3.55. The molecule has 0 spiro atoms. The van der Waals surface area contributed by atoms with Crippen LogP contribution in [0.2, 0.25) is 0 Å². The highest BCUT2D eigenvalue weighted by atomic mass is 19.4. The van der Waals surface area contributed by atoms with E-state index in [4.69, 9.17) is 0 Å². The molecule has 1 aliphatic heterocycles. The predicted octanol–water partition coefficient (Wildman–Crippen LogP) is 3.36. The molecule has 3 aromatic heterocycles. The number of hydrogen-bond donors (Lipinski definition) is 0. The highest BCUT2D eigenvalue weighted by Crippen LogP contribution is 2.33. The predicted molar refractivity (Wildman–Crippen MR) is 99.9 cm³/mol. The van der Waals surface area contributed by atoms with Crippen LogP contribution in [-0.4, -0.2) is 47.1 Å². The molecule has 0 aromatic carbocycles. The van der Waals surface area contributed by atoms with Crippen molar-refractivity contribution in [1.82, 2.24) is 34.7 Å². The molecule has 0 N–H and O–H groups in total. The van der Waals surface area contributed by atoms with Crippen molar-refractivity contribution in [2.24, 2.45) is 0 Å². The quantitative estimate of drug-likeness (QED) is 0.587. The van der Waals surface area contributed by atoms with Crippen LogP contribution in [-0.2, 0) is 12.6 Å². The van der Waals surface area contributed by atoms with Crippen molar-refractivity contribution in [3.05, 3.63) is 53.0 Å². The molecule has 0 saturated heterocycles. The minimum absolute atomic E-state index is 0.161. The van der Waals surface area contributed by atoms with Crippen LogP contribution in [0.5, 0.6) is 0 Å². The fourth-order valence-corrected chi connectivity index (χ4v) is 3.59. The first-order valence-electron chi connectivity index (χ1n) is 9.62. The smallest absolute Gasteiger partial charge is 0.330 e. The molecule has 0 unspecified atom stereocenters. The Bertz CT molecular complexity index is 1130. The number of halogens is 4.